The quantitative estimate of drug-likeness (QED) is 0.712. The Bertz CT molecular complexity index is 533. The van der Waals surface area contributed by atoms with Crippen molar-refractivity contribution < 1.29 is 4.79 Å². The summed E-state index contributed by atoms with van der Waals surface area (Å²) in [4.78, 5) is 16.9. The zero-order chi connectivity index (χ0) is 17.4. The van der Waals surface area contributed by atoms with Gasteiger partial charge in [-0.3, -0.25) is 9.69 Å². The van der Waals surface area contributed by atoms with E-state index in [1.165, 1.54) is 0 Å². The molecular weight excluding hydrogens is 286 g/mol. The fourth-order valence-corrected chi connectivity index (χ4v) is 2.56. The van der Waals surface area contributed by atoms with Gasteiger partial charge in [-0.25, -0.2) is 0 Å². The molecule has 1 N–H and O–H groups in total. The third-order valence-electron chi connectivity index (χ3n) is 3.91. The second kappa shape index (κ2) is 9.28. The van der Waals surface area contributed by atoms with Crippen LogP contribution in [0.25, 0.3) is 0 Å². The predicted molar refractivity (Wildman–Crippen MR) is 98.9 cm³/mol. The van der Waals surface area contributed by atoms with Crippen LogP contribution in [0.4, 0.5) is 5.69 Å². The molecule has 0 heterocycles. The summed E-state index contributed by atoms with van der Waals surface area (Å²) in [6.45, 7) is 13.6. The van der Waals surface area contributed by atoms with Crippen molar-refractivity contribution in [1.82, 2.24) is 9.80 Å². The summed E-state index contributed by atoms with van der Waals surface area (Å²) in [5.41, 5.74) is 3.05. The zero-order valence-electron chi connectivity index (χ0n) is 14.8. The number of amides is 1. The summed E-state index contributed by atoms with van der Waals surface area (Å²) in [6, 6.07) is 5.76. The summed E-state index contributed by atoms with van der Waals surface area (Å²) in [5, 5.41) is 3.10. The minimum Gasteiger partial charge on any atom is -0.324 e. The number of aryl methyl sites for hydroxylation is 2. The highest BCUT2D eigenvalue weighted by molar-refractivity contribution is 5.96. The lowest BCUT2D eigenvalue weighted by molar-refractivity contribution is -0.121. The van der Waals surface area contributed by atoms with Crippen molar-refractivity contribution in [3.8, 4) is 0 Å². The molecule has 1 atom stereocenters. The van der Waals surface area contributed by atoms with Gasteiger partial charge < -0.3 is 10.2 Å². The highest BCUT2D eigenvalue weighted by atomic mass is 16.2. The molecule has 1 aromatic rings. The number of carbonyl (C=O) groups is 1. The third kappa shape index (κ3) is 5.66. The first-order chi connectivity index (χ1) is 10.9. The van der Waals surface area contributed by atoms with Crippen LogP contribution in [0.5, 0.6) is 0 Å². The lowest BCUT2D eigenvalue weighted by atomic mass is 10.1. The van der Waals surface area contributed by atoms with Crippen LogP contribution in [0.3, 0.4) is 0 Å². The summed E-state index contributed by atoms with van der Waals surface area (Å²) in [6.07, 6.45) is 3.65. The summed E-state index contributed by atoms with van der Waals surface area (Å²) in [5.74, 6) is 0.00247. The second-order valence-electron chi connectivity index (χ2n) is 6.01. The van der Waals surface area contributed by atoms with Crippen LogP contribution in [0.2, 0.25) is 0 Å². The first kappa shape index (κ1) is 19.1. The first-order valence-corrected chi connectivity index (χ1v) is 7.88. The van der Waals surface area contributed by atoms with Crippen LogP contribution >= 0.6 is 0 Å². The van der Waals surface area contributed by atoms with Gasteiger partial charge in [-0.1, -0.05) is 30.4 Å². The number of hydrogen-bond donors (Lipinski definition) is 1. The number of anilines is 1. The fourth-order valence-electron chi connectivity index (χ4n) is 2.56. The number of hydrogen-bond acceptors (Lipinski definition) is 3. The van der Waals surface area contributed by atoms with Gasteiger partial charge in [0.25, 0.3) is 0 Å². The number of likely N-dealkylation sites (N-methyl/N-ethyl adjacent to an activating group) is 2. The molecule has 0 aromatic heterocycles. The third-order valence-corrected chi connectivity index (χ3v) is 3.91. The van der Waals surface area contributed by atoms with Gasteiger partial charge in [0.2, 0.25) is 5.91 Å². The summed E-state index contributed by atoms with van der Waals surface area (Å²) >= 11 is 0. The number of nitrogens with one attached hydrogen (secondary N) is 1. The van der Waals surface area contributed by atoms with Crippen LogP contribution in [0.1, 0.15) is 11.1 Å². The average molecular weight is 315 g/mol. The van der Waals surface area contributed by atoms with Crippen molar-refractivity contribution in [2.24, 2.45) is 0 Å². The lowest BCUT2D eigenvalue weighted by Gasteiger charge is -2.30. The largest absolute Gasteiger partial charge is 0.324 e. The van der Waals surface area contributed by atoms with Gasteiger partial charge in [0.1, 0.15) is 6.04 Å². The fraction of sp³-hybridized carbons (Fsp3) is 0.421. The first-order valence-electron chi connectivity index (χ1n) is 7.88. The molecular formula is C19H29N3O. The van der Waals surface area contributed by atoms with E-state index in [-0.39, 0.29) is 11.9 Å². The Hall–Kier alpha value is -1.91. The molecule has 0 saturated heterocycles. The zero-order valence-corrected chi connectivity index (χ0v) is 14.8. The molecule has 0 saturated carbocycles. The second-order valence-corrected chi connectivity index (χ2v) is 6.01. The van der Waals surface area contributed by atoms with Gasteiger partial charge >= 0.3 is 0 Å². The van der Waals surface area contributed by atoms with Crippen molar-refractivity contribution in [3.05, 3.63) is 54.6 Å². The molecule has 23 heavy (non-hydrogen) atoms. The monoisotopic (exact) mass is 315 g/mol. The molecule has 0 fully saturated rings. The number of nitrogens with zero attached hydrogens (tertiary/aromatic N) is 2. The molecule has 1 amide bonds. The van der Waals surface area contributed by atoms with Gasteiger partial charge in [-0.15, -0.1) is 13.2 Å². The van der Waals surface area contributed by atoms with Crippen LogP contribution in [0.15, 0.2) is 43.5 Å². The molecule has 0 aliphatic carbocycles. The molecule has 4 heteroatoms. The van der Waals surface area contributed by atoms with E-state index in [1.54, 1.807) is 0 Å². The average Bonchev–Trinajstić information content (AvgIpc) is 2.49. The van der Waals surface area contributed by atoms with Gasteiger partial charge in [-0.05, 0) is 39.1 Å². The molecule has 1 unspecified atom stereocenters. The number of rotatable bonds is 9. The maximum Gasteiger partial charge on any atom is 0.243 e. The van der Waals surface area contributed by atoms with Crippen molar-refractivity contribution >= 4 is 11.6 Å². The predicted octanol–water partition coefficient (Wildman–Crippen LogP) is 2.85. The van der Waals surface area contributed by atoms with Gasteiger partial charge in [0, 0.05) is 25.3 Å². The molecule has 0 aliphatic rings. The van der Waals surface area contributed by atoms with E-state index in [4.69, 9.17) is 0 Å². The summed E-state index contributed by atoms with van der Waals surface area (Å²) in [7, 11) is 3.93. The standard InChI is InChI=1S/C19H29N3O/c1-7-12-21(5)14-17(22(6)13-8-2)19(23)20-18-15(3)10-9-11-16(18)4/h7-11,17H,1-2,12-14H2,3-6H3,(H,20,23). The molecule has 1 aromatic carbocycles. The number of carbonyl (C=O) groups excluding carboxylic acids is 1. The lowest BCUT2D eigenvalue weighted by Crippen LogP contribution is -2.48. The Kier molecular flexibility index (Phi) is 7.72. The number of benzene rings is 1. The molecule has 0 radical (unpaired) electrons. The van der Waals surface area contributed by atoms with Crippen molar-refractivity contribution in [3.63, 3.8) is 0 Å². The van der Waals surface area contributed by atoms with Crippen LogP contribution in [0, 0.1) is 13.8 Å². The SMILES string of the molecule is C=CCN(C)CC(C(=O)Nc1c(C)cccc1C)N(C)CC=C. The molecule has 0 spiro atoms. The van der Waals surface area contributed by atoms with Gasteiger partial charge in [-0.2, -0.15) is 0 Å². The van der Waals surface area contributed by atoms with E-state index in [0.29, 0.717) is 13.1 Å². The Morgan fingerprint density at radius 3 is 2.26 bits per heavy atom. The van der Waals surface area contributed by atoms with Crippen molar-refractivity contribution in [1.29, 1.82) is 0 Å². The highest BCUT2D eigenvalue weighted by Crippen LogP contribution is 2.20. The Morgan fingerprint density at radius 1 is 1.17 bits per heavy atom. The minimum absolute atomic E-state index is 0.00247. The van der Waals surface area contributed by atoms with Crippen molar-refractivity contribution in [2.45, 2.75) is 19.9 Å². The minimum atomic E-state index is -0.253. The van der Waals surface area contributed by atoms with E-state index in [0.717, 1.165) is 23.4 Å². The van der Waals surface area contributed by atoms with E-state index in [9.17, 15) is 4.79 Å². The van der Waals surface area contributed by atoms with Crippen LogP contribution < -0.4 is 5.32 Å². The van der Waals surface area contributed by atoms with E-state index in [2.05, 4.69) is 23.4 Å². The number of para-hydroxylation sites is 1. The van der Waals surface area contributed by atoms with Crippen molar-refractivity contribution in [2.75, 3.05) is 39.0 Å². The maximum atomic E-state index is 12.8. The van der Waals surface area contributed by atoms with Crippen LogP contribution in [-0.4, -0.2) is 55.5 Å². The van der Waals surface area contributed by atoms with E-state index in [1.807, 2.05) is 63.2 Å². The topological polar surface area (TPSA) is 35.6 Å². The normalized spacial score (nSPS) is 12.3. The smallest absolute Gasteiger partial charge is 0.243 e. The molecule has 4 nitrogen and oxygen atoms in total. The Morgan fingerprint density at radius 2 is 1.74 bits per heavy atom. The Labute approximate surface area is 140 Å². The summed E-state index contributed by atoms with van der Waals surface area (Å²) < 4.78 is 0. The van der Waals surface area contributed by atoms with E-state index >= 15 is 0 Å². The van der Waals surface area contributed by atoms with Crippen LogP contribution in [-0.2, 0) is 4.79 Å². The molecule has 0 aliphatic heterocycles. The molecule has 126 valence electrons. The molecule has 0 bridgehead atoms. The molecule has 1 rings (SSSR count). The Balaban J connectivity index is 2.94. The highest BCUT2D eigenvalue weighted by Gasteiger charge is 2.24. The maximum absolute atomic E-state index is 12.8. The van der Waals surface area contributed by atoms with Gasteiger partial charge in [0.15, 0.2) is 0 Å². The van der Waals surface area contributed by atoms with Gasteiger partial charge in [0.05, 0.1) is 0 Å². The van der Waals surface area contributed by atoms with E-state index < -0.39 is 0 Å².